The number of carbonyl (C=O) groups is 2. The van der Waals surface area contributed by atoms with Gasteiger partial charge in [-0.25, -0.2) is 0 Å². The number of carbonyl (C=O) groups excluding carboxylic acids is 2. The molecule has 0 aliphatic heterocycles. The van der Waals surface area contributed by atoms with E-state index < -0.39 is 11.6 Å². The van der Waals surface area contributed by atoms with Crippen LogP contribution in [0.25, 0.3) is 0 Å². The zero-order valence-corrected chi connectivity index (χ0v) is 11.5. The van der Waals surface area contributed by atoms with Gasteiger partial charge in [0.25, 0.3) is 0 Å². The fourth-order valence-electron chi connectivity index (χ4n) is 1.83. The Hall–Kier alpha value is -1.38. The highest BCUT2D eigenvalue weighted by atomic mass is 16.2. The molecule has 0 aromatic heterocycles. The van der Waals surface area contributed by atoms with E-state index in [4.69, 9.17) is 5.73 Å². The molecule has 3 nitrogen and oxygen atoms in total. The molecule has 1 aliphatic rings. The van der Waals surface area contributed by atoms with Gasteiger partial charge in [0.2, 0.25) is 11.6 Å². The van der Waals surface area contributed by atoms with Gasteiger partial charge < -0.3 is 5.73 Å². The molecular weight excluding hydrogens is 214 g/mol. The van der Waals surface area contributed by atoms with E-state index in [1.54, 1.807) is 6.08 Å². The van der Waals surface area contributed by atoms with Crippen LogP contribution in [0.1, 0.15) is 41.5 Å². The van der Waals surface area contributed by atoms with Gasteiger partial charge in [-0.2, -0.15) is 0 Å². The molecule has 0 unspecified atom stereocenters. The monoisotopic (exact) mass is 235 g/mol. The van der Waals surface area contributed by atoms with Gasteiger partial charge in [-0.1, -0.05) is 41.5 Å². The maximum Gasteiger partial charge on any atom is 0.249 e. The van der Waals surface area contributed by atoms with E-state index in [1.165, 1.54) is 0 Å². The number of hydrogen-bond donors (Lipinski definition) is 1. The van der Waals surface area contributed by atoms with Gasteiger partial charge in [-0.3, -0.25) is 9.59 Å². The Balaban J connectivity index is 3.46. The summed E-state index contributed by atoms with van der Waals surface area (Å²) in [5.41, 5.74) is 6.58. The third-order valence-electron chi connectivity index (χ3n) is 2.89. The van der Waals surface area contributed by atoms with E-state index in [0.717, 1.165) is 5.57 Å². The summed E-state index contributed by atoms with van der Waals surface area (Å²) < 4.78 is 0. The quantitative estimate of drug-likeness (QED) is 0.518. The van der Waals surface area contributed by atoms with Crippen molar-refractivity contribution in [3.8, 4) is 0 Å². The molecule has 0 aromatic carbocycles. The van der Waals surface area contributed by atoms with Gasteiger partial charge in [0.15, 0.2) is 0 Å². The van der Waals surface area contributed by atoms with Gasteiger partial charge in [-0.15, -0.1) is 0 Å². The maximum absolute atomic E-state index is 11.9. The first-order valence-corrected chi connectivity index (χ1v) is 5.77. The van der Waals surface area contributed by atoms with Gasteiger partial charge in [-0.05, 0) is 22.5 Å². The number of allylic oxidation sites excluding steroid dienone is 4. The van der Waals surface area contributed by atoms with Crippen LogP contribution in [0.4, 0.5) is 0 Å². The molecule has 0 heterocycles. The predicted octanol–water partition coefficient (Wildman–Crippen LogP) is 2.37. The summed E-state index contributed by atoms with van der Waals surface area (Å²) in [4.78, 5) is 23.8. The van der Waals surface area contributed by atoms with E-state index in [2.05, 4.69) is 0 Å². The van der Waals surface area contributed by atoms with Gasteiger partial charge in [0.05, 0.1) is 5.70 Å². The van der Waals surface area contributed by atoms with Crippen LogP contribution in [-0.2, 0) is 9.59 Å². The van der Waals surface area contributed by atoms with E-state index in [1.807, 2.05) is 41.5 Å². The number of ketones is 2. The lowest BCUT2D eigenvalue weighted by molar-refractivity contribution is -0.133. The van der Waals surface area contributed by atoms with Crippen LogP contribution >= 0.6 is 0 Å². The lowest BCUT2D eigenvalue weighted by atomic mass is 9.73. The van der Waals surface area contributed by atoms with Crippen molar-refractivity contribution in [2.45, 2.75) is 41.5 Å². The Morgan fingerprint density at radius 3 is 1.71 bits per heavy atom. The Kier molecular flexibility index (Phi) is 3.08. The van der Waals surface area contributed by atoms with Crippen molar-refractivity contribution in [1.29, 1.82) is 0 Å². The van der Waals surface area contributed by atoms with Crippen molar-refractivity contribution in [2.24, 2.45) is 16.6 Å². The highest BCUT2D eigenvalue weighted by molar-refractivity contribution is 6.50. The second-order valence-electron chi connectivity index (χ2n) is 6.54. The molecule has 2 N–H and O–H groups in total. The summed E-state index contributed by atoms with van der Waals surface area (Å²) in [6, 6.07) is 0. The zero-order valence-electron chi connectivity index (χ0n) is 11.5. The first-order chi connectivity index (χ1) is 7.46. The Labute approximate surface area is 103 Å². The van der Waals surface area contributed by atoms with Crippen LogP contribution in [-0.4, -0.2) is 11.6 Å². The molecule has 0 radical (unpaired) electrons. The average Bonchev–Trinajstić information content (AvgIpc) is 2.10. The van der Waals surface area contributed by atoms with E-state index in [-0.39, 0.29) is 16.5 Å². The standard InChI is InChI=1S/C14H21NO2/c1-13(2,3)8-7-9(14(4,5)6)11(16)12(17)10(8)15/h7H,15H2,1-6H3. The molecule has 1 aliphatic carbocycles. The van der Waals surface area contributed by atoms with E-state index in [0.29, 0.717) is 5.57 Å². The van der Waals surface area contributed by atoms with Gasteiger partial charge >= 0.3 is 0 Å². The van der Waals surface area contributed by atoms with Crippen LogP contribution in [0.5, 0.6) is 0 Å². The number of Topliss-reactive ketones (excluding diaryl/α,β-unsaturated/α-hetero) is 2. The Morgan fingerprint density at radius 1 is 0.882 bits per heavy atom. The number of nitrogens with two attached hydrogens (primary N) is 1. The molecule has 0 spiro atoms. The van der Waals surface area contributed by atoms with Crippen molar-refractivity contribution in [3.63, 3.8) is 0 Å². The van der Waals surface area contributed by atoms with E-state index >= 15 is 0 Å². The first-order valence-electron chi connectivity index (χ1n) is 5.77. The lowest BCUT2D eigenvalue weighted by Crippen LogP contribution is -2.35. The molecule has 94 valence electrons. The Bertz CT molecular complexity index is 440. The number of rotatable bonds is 0. The van der Waals surface area contributed by atoms with Gasteiger partial charge in [0, 0.05) is 5.57 Å². The molecule has 17 heavy (non-hydrogen) atoms. The third-order valence-corrected chi connectivity index (χ3v) is 2.89. The molecule has 0 fully saturated rings. The van der Waals surface area contributed by atoms with Crippen molar-refractivity contribution in [2.75, 3.05) is 0 Å². The predicted molar refractivity (Wildman–Crippen MR) is 68.2 cm³/mol. The second-order valence-corrected chi connectivity index (χ2v) is 6.54. The zero-order chi connectivity index (χ0) is 13.6. The summed E-state index contributed by atoms with van der Waals surface area (Å²) in [6.07, 6.45) is 1.79. The minimum Gasteiger partial charge on any atom is -0.395 e. The fraction of sp³-hybridized carbons (Fsp3) is 0.571. The fourth-order valence-corrected chi connectivity index (χ4v) is 1.83. The minimum absolute atomic E-state index is 0.0931. The molecule has 0 saturated carbocycles. The Morgan fingerprint density at radius 2 is 1.35 bits per heavy atom. The molecule has 0 atom stereocenters. The van der Waals surface area contributed by atoms with Crippen LogP contribution in [0.3, 0.4) is 0 Å². The minimum atomic E-state index is -0.567. The van der Waals surface area contributed by atoms with Crippen molar-refractivity contribution < 1.29 is 9.59 Å². The van der Waals surface area contributed by atoms with Crippen LogP contribution in [0.15, 0.2) is 22.9 Å². The molecule has 0 amide bonds. The molecule has 0 saturated heterocycles. The van der Waals surface area contributed by atoms with Crippen LogP contribution in [0.2, 0.25) is 0 Å². The summed E-state index contributed by atoms with van der Waals surface area (Å²) >= 11 is 0. The van der Waals surface area contributed by atoms with E-state index in [9.17, 15) is 9.59 Å². The van der Waals surface area contributed by atoms with Crippen molar-refractivity contribution in [3.05, 3.63) is 22.9 Å². The van der Waals surface area contributed by atoms with Crippen LogP contribution in [0, 0.1) is 10.8 Å². The summed E-state index contributed by atoms with van der Waals surface area (Å²) in [6.45, 7) is 11.7. The van der Waals surface area contributed by atoms with Crippen molar-refractivity contribution in [1.82, 2.24) is 0 Å². The average molecular weight is 235 g/mol. The normalized spacial score (nSPS) is 18.6. The van der Waals surface area contributed by atoms with Crippen molar-refractivity contribution >= 4 is 11.6 Å². The maximum atomic E-state index is 11.9. The smallest absolute Gasteiger partial charge is 0.249 e. The molecule has 0 aromatic rings. The SMILES string of the molecule is CC(C)(C)C1=CC(C(C)(C)C)=C(N)C(=O)C1=O. The first kappa shape index (κ1) is 13.7. The molecule has 1 rings (SSSR count). The topological polar surface area (TPSA) is 60.2 Å². The molecular formula is C14H21NO2. The summed E-state index contributed by atoms with van der Waals surface area (Å²) in [5, 5.41) is 0. The molecule has 3 heteroatoms. The number of hydrogen-bond acceptors (Lipinski definition) is 3. The highest BCUT2D eigenvalue weighted by Crippen LogP contribution is 2.37. The van der Waals surface area contributed by atoms with Crippen LogP contribution < -0.4 is 5.73 Å². The summed E-state index contributed by atoms with van der Waals surface area (Å²) in [5.74, 6) is -1.04. The van der Waals surface area contributed by atoms with Gasteiger partial charge in [0.1, 0.15) is 0 Å². The largest absolute Gasteiger partial charge is 0.395 e. The highest BCUT2D eigenvalue weighted by Gasteiger charge is 2.36. The third kappa shape index (κ3) is 2.48. The summed E-state index contributed by atoms with van der Waals surface area (Å²) in [7, 11) is 0. The lowest BCUT2D eigenvalue weighted by Gasteiger charge is -2.30. The second kappa shape index (κ2) is 3.83. The molecule has 0 bridgehead atoms.